The van der Waals surface area contributed by atoms with Crippen LogP contribution in [0, 0.1) is 11.7 Å². The van der Waals surface area contributed by atoms with E-state index in [1.54, 1.807) is 30.3 Å². The normalized spacial score (nSPS) is 23.6. The number of amides is 2. The van der Waals surface area contributed by atoms with Gasteiger partial charge in [-0.25, -0.2) is 4.39 Å². The number of fused-ring (bicyclic) bond motifs is 3. The van der Waals surface area contributed by atoms with E-state index in [9.17, 15) is 29.3 Å². The first kappa shape index (κ1) is 26.1. The molecule has 1 aliphatic heterocycles. The highest BCUT2D eigenvalue weighted by molar-refractivity contribution is 5.96. The molecule has 2 aromatic carbocycles. The summed E-state index contributed by atoms with van der Waals surface area (Å²) in [5, 5.41) is 33.4. The van der Waals surface area contributed by atoms with Crippen molar-refractivity contribution in [2.45, 2.75) is 50.2 Å². The summed E-state index contributed by atoms with van der Waals surface area (Å²) < 4.78 is 25.2. The van der Waals surface area contributed by atoms with Crippen LogP contribution in [0.15, 0.2) is 48.0 Å². The molecule has 0 saturated heterocycles. The summed E-state index contributed by atoms with van der Waals surface area (Å²) in [6.45, 7) is -0.384. The number of nitrogens with zero attached hydrogens (tertiary/aromatic N) is 1. The molecule has 5 rings (SSSR count). The highest BCUT2D eigenvalue weighted by atomic mass is 19.1. The minimum atomic E-state index is -1.20. The van der Waals surface area contributed by atoms with E-state index in [0.29, 0.717) is 28.2 Å². The van der Waals surface area contributed by atoms with Crippen molar-refractivity contribution in [3.05, 3.63) is 70.6 Å². The van der Waals surface area contributed by atoms with E-state index in [-0.39, 0.29) is 43.7 Å². The molecule has 9 nitrogen and oxygen atoms in total. The molecule has 202 valence electrons. The molecule has 1 heterocycles. The minimum absolute atomic E-state index is 0.0226. The molecule has 0 spiro atoms. The second kappa shape index (κ2) is 10.7. The number of ether oxygens (including phenoxy) is 2. The Morgan fingerprint density at radius 2 is 1.89 bits per heavy atom. The van der Waals surface area contributed by atoms with E-state index < -0.39 is 35.9 Å². The fourth-order valence-electron chi connectivity index (χ4n) is 5.30. The van der Waals surface area contributed by atoms with E-state index in [4.69, 9.17) is 9.47 Å². The van der Waals surface area contributed by atoms with Crippen molar-refractivity contribution in [2.24, 2.45) is 5.92 Å². The van der Waals surface area contributed by atoms with Crippen LogP contribution in [0.3, 0.4) is 0 Å². The van der Waals surface area contributed by atoms with Crippen molar-refractivity contribution in [1.82, 2.24) is 10.2 Å². The molecule has 0 bridgehead atoms. The van der Waals surface area contributed by atoms with Gasteiger partial charge in [0, 0.05) is 30.1 Å². The van der Waals surface area contributed by atoms with Crippen LogP contribution in [-0.4, -0.2) is 70.5 Å². The monoisotopic (exact) mass is 526 g/mol. The number of hydrogen-bond donors (Lipinski definition) is 4. The van der Waals surface area contributed by atoms with Crippen LogP contribution in [-0.2, 0) is 22.7 Å². The zero-order chi connectivity index (χ0) is 27.0. The van der Waals surface area contributed by atoms with Gasteiger partial charge in [-0.3, -0.25) is 9.59 Å². The summed E-state index contributed by atoms with van der Waals surface area (Å²) in [4.78, 5) is 28.3. The molecule has 0 radical (unpaired) electrons. The predicted molar refractivity (Wildman–Crippen MR) is 134 cm³/mol. The number of aliphatic hydroxyl groups is 3. The predicted octanol–water partition coefficient (Wildman–Crippen LogP) is 1.39. The number of nitrogens with one attached hydrogen (secondary N) is 1. The summed E-state index contributed by atoms with van der Waals surface area (Å²) in [5.74, 6) is -1.16. The lowest BCUT2D eigenvalue weighted by Crippen LogP contribution is -2.55. The maximum atomic E-state index is 13.5. The summed E-state index contributed by atoms with van der Waals surface area (Å²) in [7, 11) is 1.46. The number of methoxy groups -OCH3 is 1. The van der Waals surface area contributed by atoms with Crippen LogP contribution in [0.2, 0.25) is 0 Å². The standard InChI is InChI=1S/C28H31FN2O7/c1-37-22-11-16(14-33)10-19-23-20(27(35)30-8-9-32)12-21(24(34)26(23)38-25(19)22)31(28(36)17-4-5-17)13-15-2-6-18(29)7-3-15/h2-3,6-7,10-12,17,21,23-24,26,32-34H,4-5,8-9,13-14H2,1H3,(H,30,35)/t21-,23+,24+,26+/m1/s1. The molecule has 10 heteroatoms. The zero-order valence-electron chi connectivity index (χ0n) is 21.0. The molecule has 2 aromatic rings. The van der Waals surface area contributed by atoms with Gasteiger partial charge in [0.1, 0.15) is 18.0 Å². The summed E-state index contributed by atoms with van der Waals surface area (Å²) in [6, 6.07) is 8.25. The number of benzene rings is 2. The average Bonchev–Trinajstić information content (AvgIpc) is 3.71. The minimum Gasteiger partial charge on any atom is -0.493 e. The maximum absolute atomic E-state index is 13.5. The summed E-state index contributed by atoms with van der Waals surface area (Å²) in [6.07, 6.45) is 0.959. The maximum Gasteiger partial charge on any atom is 0.247 e. The number of aliphatic hydroxyl groups excluding tert-OH is 3. The molecular formula is C28H31FN2O7. The van der Waals surface area contributed by atoms with Crippen LogP contribution in [0.25, 0.3) is 0 Å². The van der Waals surface area contributed by atoms with Gasteiger partial charge >= 0.3 is 0 Å². The van der Waals surface area contributed by atoms with Crippen molar-refractivity contribution < 1.29 is 38.8 Å². The molecule has 4 atom stereocenters. The Bertz CT molecular complexity index is 1240. The number of carbonyl (C=O) groups is 2. The molecule has 3 aliphatic rings. The third kappa shape index (κ3) is 4.87. The Hall–Kier alpha value is -3.47. The first-order valence-corrected chi connectivity index (χ1v) is 12.7. The third-order valence-corrected chi connectivity index (χ3v) is 7.33. The van der Waals surface area contributed by atoms with Gasteiger partial charge in [0.25, 0.3) is 0 Å². The molecule has 38 heavy (non-hydrogen) atoms. The molecule has 1 fully saturated rings. The Morgan fingerprint density at radius 3 is 2.53 bits per heavy atom. The first-order chi connectivity index (χ1) is 18.4. The molecule has 0 aromatic heterocycles. The molecule has 1 saturated carbocycles. The lowest BCUT2D eigenvalue weighted by Gasteiger charge is -2.41. The van der Waals surface area contributed by atoms with E-state index in [1.165, 1.54) is 24.1 Å². The van der Waals surface area contributed by atoms with Crippen LogP contribution < -0.4 is 14.8 Å². The average molecular weight is 527 g/mol. The Kier molecular flexibility index (Phi) is 7.38. The van der Waals surface area contributed by atoms with Gasteiger partial charge in [-0.15, -0.1) is 0 Å². The van der Waals surface area contributed by atoms with Crippen molar-refractivity contribution in [1.29, 1.82) is 0 Å². The fourth-order valence-corrected chi connectivity index (χ4v) is 5.30. The van der Waals surface area contributed by atoms with Gasteiger partial charge in [-0.1, -0.05) is 12.1 Å². The highest BCUT2D eigenvalue weighted by Gasteiger charge is 2.52. The summed E-state index contributed by atoms with van der Waals surface area (Å²) in [5.41, 5.74) is 2.10. The van der Waals surface area contributed by atoms with Gasteiger partial charge in [-0.05, 0) is 54.3 Å². The second-order valence-corrected chi connectivity index (χ2v) is 9.88. The number of hydrogen-bond acceptors (Lipinski definition) is 7. The summed E-state index contributed by atoms with van der Waals surface area (Å²) >= 11 is 0. The van der Waals surface area contributed by atoms with E-state index in [2.05, 4.69) is 5.32 Å². The van der Waals surface area contributed by atoms with Crippen molar-refractivity contribution in [2.75, 3.05) is 20.3 Å². The van der Waals surface area contributed by atoms with Crippen molar-refractivity contribution >= 4 is 11.8 Å². The van der Waals surface area contributed by atoms with Gasteiger partial charge in [0.15, 0.2) is 11.5 Å². The van der Waals surface area contributed by atoms with E-state index in [0.717, 1.165) is 12.8 Å². The Morgan fingerprint density at radius 1 is 1.16 bits per heavy atom. The van der Waals surface area contributed by atoms with Gasteiger partial charge in [0.2, 0.25) is 11.8 Å². The molecule has 4 N–H and O–H groups in total. The topological polar surface area (TPSA) is 129 Å². The second-order valence-electron chi connectivity index (χ2n) is 9.88. The highest BCUT2D eigenvalue weighted by Crippen LogP contribution is 2.51. The first-order valence-electron chi connectivity index (χ1n) is 12.7. The lowest BCUT2D eigenvalue weighted by atomic mass is 9.77. The van der Waals surface area contributed by atoms with E-state index in [1.807, 2.05) is 0 Å². The number of halogens is 1. The molecule has 2 amide bonds. The molecule has 2 aliphatic carbocycles. The molecule has 0 unspecified atom stereocenters. The van der Waals surface area contributed by atoms with E-state index >= 15 is 0 Å². The van der Waals surface area contributed by atoms with Crippen molar-refractivity contribution in [3.63, 3.8) is 0 Å². The lowest BCUT2D eigenvalue weighted by molar-refractivity contribution is -0.139. The zero-order valence-corrected chi connectivity index (χ0v) is 21.0. The van der Waals surface area contributed by atoms with Gasteiger partial charge in [0.05, 0.1) is 32.3 Å². The Labute approximate surface area is 219 Å². The number of carbonyl (C=O) groups excluding carboxylic acids is 2. The smallest absolute Gasteiger partial charge is 0.247 e. The van der Waals surface area contributed by atoms with Crippen LogP contribution >= 0.6 is 0 Å². The van der Waals surface area contributed by atoms with Crippen molar-refractivity contribution in [3.8, 4) is 11.5 Å². The van der Waals surface area contributed by atoms with Gasteiger partial charge in [-0.2, -0.15) is 0 Å². The van der Waals surface area contributed by atoms with Crippen LogP contribution in [0.1, 0.15) is 35.4 Å². The van der Waals surface area contributed by atoms with Gasteiger partial charge < -0.3 is 35.0 Å². The third-order valence-electron chi connectivity index (χ3n) is 7.33. The fraction of sp³-hybridized carbons (Fsp3) is 0.429. The van der Waals surface area contributed by atoms with Crippen LogP contribution in [0.5, 0.6) is 11.5 Å². The quantitative estimate of drug-likeness (QED) is 0.389. The molecular weight excluding hydrogens is 495 g/mol. The number of rotatable bonds is 9. The Balaban J connectivity index is 1.58. The SMILES string of the molecule is COc1cc(CO)cc2c1O[C@@H]1[C@@H](O)[C@H](N(Cc3ccc(F)cc3)C(=O)C3CC3)C=C(C(=O)NCCO)[C@H]21. The largest absolute Gasteiger partial charge is 0.493 e. The van der Waals surface area contributed by atoms with Crippen LogP contribution in [0.4, 0.5) is 4.39 Å².